The normalized spacial score (nSPS) is 15.9. The van der Waals surface area contributed by atoms with Crippen LogP contribution in [0.25, 0.3) is 11.1 Å². The molecule has 1 heterocycles. The monoisotopic (exact) mass is 343 g/mol. The molecular formula is C23H23N2O+. The Bertz CT molecular complexity index is 905. The summed E-state index contributed by atoms with van der Waals surface area (Å²) in [5, 5.41) is 3.22. The lowest BCUT2D eigenvalue weighted by atomic mass is 9.88. The first-order valence-corrected chi connectivity index (χ1v) is 9.21. The topological polar surface area (TPSA) is 33.0 Å². The fraction of sp³-hybridized carbons (Fsp3) is 0.217. The minimum atomic E-state index is 0.0573. The highest BCUT2D eigenvalue weighted by Crippen LogP contribution is 2.29. The fourth-order valence-corrected chi connectivity index (χ4v) is 3.73. The number of carbonyl (C=O) groups is 1. The molecule has 3 nitrogen and oxygen atoms in total. The summed E-state index contributed by atoms with van der Waals surface area (Å²) >= 11 is 0. The van der Waals surface area contributed by atoms with Crippen LogP contribution in [0.2, 0.25) is 0 Å². The molecule has 0 fully saturated rings. The molecular weight excluding hydrogens is 320 g/mol. The molecule has 0 radical (unpaired) electrons. The first kappa shape index (κ1) is 16.5. The third kappa shape index (κ3) is 3.67. The Balaban J connectivity index is 1.46. The maximum atomic E-state index is 12.6. The van der Waals surface area contributed by atoms with E-state index in [0.717, 1.165) is 30.4 Å². The molecule has 0 saturated carbocycles. The Morgan fingerprint density at radius 2 is 1.73 bits per heavy atom. The number of amides is 1. The summed E-state index contributed by atoms with van der Waals surface area (Å²) in [7, 11) is 0. The van der Waals surface area contributed by atoms with Crippen LogP contribution in [0.1, 0.15) is 30.0 Å². The second-order valence-corrected chi connectivity index (χ2v) is 6.84. The molecule has 4 rings (SSSR count). The van der Waals surface area contributed by atoms with Gasteiger partial charge >= 0.3 is 0 Å². The lowest BCUT2D eigenvalue weighted by Crippen LogP contribution is -2.44. The second-order valence-electron chi connectivity index (χ2n) is 6.84. The zero-order chi connectivity index (χ0) is 17.8. The number of hydrogen-bond acceptors (Lipinski definition) is 1. The highest BCUT2D eigenvalue weighted by molar-refractivity contribution is 5.75. The van der Waals surface area contributed by atoms with Gasteiger partial charge in [-0.1, -0.05) is 54.6 Å². The van der Waals surface area contributed by atoms with Crippen molar-refractivity contribution in [2.45, 2.75) is 31.8 Å². The van der Waals surface area contributed by atoms with Gasteiger partial charge in [-0.2, -0.15) is 4.57 Å². The largest absolute Gasteiger partial charge is 0.344 e. The number of benzene rings is 2. The molecule has 0 saturated heterocycles. The molecule has 0 unspecified atom stereocenters. The number of pyridine rings is 1. The van der Waals surface area contributed by atoms with Gasteiger partial charge in [-0.3, -0.25) is 4.79 Å². The van der Waals surface area contributed by atoms with Crippen molar-refractivity contribution in [1.82, 2.24) is 5.32 Å². The van der Waals surface area contributed by atoms with Gasteiger partial charge in [-0.15, -0.1) is 0 Å². The fourth-order valence-electron chi connectivity index (χ4n) is 3.73. The molecule has 2 aromatic carbocycles. The summed E-state index contributed by atoms with van der Waals surface area (Å²) in [6.07, 6.45) is 7.22. The molecule has 0 aliphatic heterocycles. The van der Waals surface area contributed by atoms with E-state index in [4.69, 9.17) is 0 Å². The van der Waals surface area contributed by atoms with Gasteiger partial charge < -0.3 is 5.32 Å². The van der Waals surface area contributed by atoms with E-state index < -0.39 is 0 Å². The van der Waals surface area contributed by atoms with Crippen molar-refractivity contribution in [3.63, 3.8) is 0 Å². The van der Waals surface area contributed by atoms with E-state index in [2.05, 4.69) is 47.8 Å². The zero-order valence-corrected chi connectivity index (χ0v) is 14.8. The molecule has 0 spiro atoms. The maximum absolute atomic E-state index is 12.6. The molecule has 1 aliphatic rings. The van der Waals surface area contributed by atoms with Gasteiger partial charge in [0.15, 0.2) is 12.4 Å². The number of fused-ring (bicyclic) bond motifs is 1. The van der Waals surface area contributed by atoms with Gasteiger partial charge in [-0.25, -0.2) is 0 Å². The standard InChI is InChI=1S/C23H22N2O/c26-23(24-22-14-6-11-19-10-4-5-13-21(19)22)17-25-15-7-12-20(16-25)18-8-2-1-3-9-18/h1-5,7-10,12-13,15-16,22H,6,11,14,17H2/p+1/t22-/m1/s1. The molecule has 3 heteroatoms. The quantitative estimate of drug-likeness (QED) is 0.718. The molecule has 1 atom stereocenters. The number of nitrogens with one attached hydrogen (secondary N) is 1. The van der Waals surface area contributed by atoms with Crippen LogP contribution in [0.4, 0.5) is 0 Å². The van der Waals surface area contributed by atoms with E-state index in [1.807, 2.05) is 41.2 Å². The van der Waals surface area contributed by atoms with E-state index >= 15 is 0 Å². The molecule has 3 aromatic rings. The van der Waals surface area contributed by atoms with E-state index in [1.165, 1.54) is 11.1 Å². The zero-order valence-electron chi connectivity index (χ0n) is 14.8. The number of aryl methyl sites for hydroxylation is 1. The maximum Gasteiger partial charge on any atom is 0.286 e. The summed E-state index contributed by atoms with van der Waals surface area (Å²) in [6, 6.07) is 22.9. The summed E-state index contributed by atoms with van der Waals surface area (Å²) in [6.45, 7) is 0.333. The predicted octanol–water partition coefficient (Wildman–Crippen LogP) is 3.83. The number of hydrogen-bond donors (Lipinski definition) is 1. The third-order valence-corrected chi connectivity index (χ3v) is 5.00. The number of carbonyl (C=O) groups excluding carboxylic acids is 1. The van der Waals surface area contributed by atoms with Gasteiger partial charge in [0.1, 0.15) is 0 Å². The number of nitrogens with zero attached hydrogens (tertiary/aromatic N) is 1. The lowest BCUT2D eigenvalue weighted by Gasteiger charge is -2.25. The van der Waals surface area contributed by atoms with Crippen molar-refractivity contribution in [3.8, 4) is 11.1 Å². The van der Waals surface area contributed by atoms with Crippen molar-refractivity contribution in [2.75, 3.05) is 0 Å². The molecule has 1 aliphatic carbocycles. The smallest absolute Gasteiger partial charge is 0.286 e. The average Bonchev–Trinajstić information content (AvgIpc) is 2.69. The minimum absolute atomic E-state index is 0.0573. The third-order valence-electron chi connectivity index (χ3n) is 5.00. The summed E-state index contributed by atoms with van der Waals surface area (Å²) in [5.74, 6) is 0.0573. The highest BCUT2D eigenvalue weighted by Gasteiger charge is 2.22. The van der Waals surface area contributed by atoms with Crippen LogP contribution in [0.5, 0.6) is 0 Å². The van der Waals surface area contributed by atoms with Crippen molar-refractivity contribution in [3.05, 3.63) is 90.3 Å². The summed E-state index contributed by atoms with van der Waals surface area (Å²) < 4.78 is 1.95. The second kappa shape index (κ2) is 7.52. The first-order chi connectivity index (χ1) is 12.8. The summed E-state index contributed by atoms with van der Waals surface area (Å²) in [5.41, 5.74) is 4.91. The van der Waals surface area contributed by atoms with Gasteiger partial charge in [-0.05, 0) is 42.0 Å². The van der Waals surface area contributed by atoms with Crippen LogP contribution in [0.3, 0.4) is 0 Å². The summed E-state index contributed by atoms with van der Waals surface area (Å²) in [4.78, 5) is 12.6. The molecule has 26 heavy (non-hydrogen) atoms. The van der Waals surface area contributed by atoms with E-state index in [9.17, 15) is 4.79 Å². The molecule has 1 amide bonds. The van der Waals surface area contributed by atoms with Crippen LogP contribution in [-0.4, -0.2) is 5.91 Å². The van der Waals surface area contributed by atoms with Crippen molar-refractivity contribution in [2.24, 2.45) is 0 Å². The minimum Gasteiger partial charge on any atom is -0.344 e. The molecule has 1 N–H and O–H groups in total. The van der Waals surface area contributed by atoms with Crippen LogP contribution < -0.4 is 9.88 Å². The Morgan fingerprint density at radius 1 is 0.962 bits per heavy atom. The van der Waals surface area contributed by atoms with E-state index in [-0.39, 0.29) is 11.9 Å². The molecule has 130 valence electrons. The average molecular weight is 343 g/mol. The predicted molar refractivity (Wildman–Crippen MR) is 102 cm³/mol. The van der Waals surface area contributed by atoms with Gasteiger partial charge in [0, 0.05) is 11.6 Å². The number of rotatable bonds is 4. The van der Waals surface area contributed by atoms with Crippen LogP contribution in [0.15, 0.2) is 79.1 Å². The van der Waals surface area contributed by atoms with Crippen LogP contribution >= 0.6 is 0 Å². The molecule has 0 bridgehead atoms. The van der Waals surface area contributed by atoms with Crippen molar-refractivity contribution < 1.29 is 9.36 Å². The van der Waals surface area contributed by atoms with E-state index in [1.54, 1.807) is 0 Å². The van der Waals surface area contributed by atoms with Crippen LogP contribution in [0, 0.1) is 0 Å². The van der Waals surface area contributed by atoms with Crippen molar-refractivity contribution in [1.29, 1.82) is 0 Å². The van der Waals surface area contributed by atoms with Gasteiger partial charge in [0.25, 0.3) is 5.91 Å². The Labute approximate surface area is 154 Å². The lowest BCUT2D eigenvalue weighted by molar-refractivity contribution is -0.684. The van der Waals surface area contributed by atoms with Crippen molar-refractivity contribution >= 4 is 5.91 Å². The van der Waals surface area contributed by atoms with Gasteiger partial charge in [0.05, 0.1) is 6.04 Å². The Hall–Kier alpha value is -2.94. The highest BCUT2D eigenvalue weighted by atomic mass is 16.2. The first-order valence-electron chi connectivity index (χ1n) is 9.21. The van der Waals surface area contributed by atoms with E-state index in [0.29, 0.717) is 6.54 Å². The Kier molecular flexibility index (Phi) is 4.78. The molecule has 1 aromatic heterocycles. The van der Waals surface area contributed by atoms with Crippen LogP contribution in [-0.2, 0) is 17.8 Å². The SMILES string of the molecule is O=C(C[n+]1cccc(-c2ccccc2)c1)N[C@@H]1CCCc2ccccc21. The van der Waals surface area contributed by atoms with Gasteiger partial charge in [0.2, 0.25) is 6.54 Å². The Morgan fingerprint density at radius 3 is 2.62 bits per heavy atom. The number of aromatic nitrogens is 1.